The number of carbonyl (C=O) groups excluding carboxylic acids is 1. The number of carbonyl (C=O) groups is 1. The molecule has 1 aromatic heterocycles. The van der Waals surface area contributed by atoms with Crippen LogP contribution in [-0.2, 0) is 22.1 Å². The largest absolute Gasteiger partial charge is 0.469 e. The van der Waals surface area contributed by atoms with E-state index >= 15 is 0 Å². The van der Waals surface area contributed by atoms with E-state index in [4.69, 9.17) is 0 Å². The highest BCUT2D eigenvalue weighted by molar-refractivity contribution is 5.73. The third-order valence-electron chi connectivity index (χ3n) is 2.45. The molecule has 0 amide bonds. The number of alkyl halides is 5. The van der Waals surface area contributed by atoms with Crippen molar-refractivity contribution >= 4 is 5.97 Å². The lowest BCUT2D eigenvalue weighted by molar-refractivity contribution is -0.143. The zero-order valence-corrected chi connectivity index (χ0v) is 10.0. The molecule has 0 saturated carbocycles. The van der Waals surface area contributed by atoms with Gasteiger partial charge in [-0.05, 0) is 24.1 Å². The van der Waals surface area contributed by atoms with Crippen LogP contribution < -0.4 is 0 Å². The summed E-state index contributed by atoms with van der Waals surface area (Å²) >= 11 is 0. The van der Waals surface area contributed by atoms with Gasteiger partial charge in [0.05, 0.1) is 13.5 Å². The van der Waals surface area contributed by atoms with Gasteiger partial charge in [-0.1, -0.05) is 0 Å². The molecule has 0 atom stereocenters. The monoisotopic (exact) mass is 283 g/mol. The summed E-state index contributed by atoms with van der Waals surface area (Å²) in [5.41, 5.74) is -2.96. The predicted octanol–water partition coefficient (Wildman–Crippen LogP) is 3.06. The highest BCUT2D eigenvalue weighted by atomic mass is 19.4. The number of pyridine rings is 1. The molecule has 106 valence electrons. The van der Waals surface area contributed by atoms with Crippen molar-refractivity contribution in [2.75, 3.05) is 7.11 Å². The first kappa shape index (κ1) is 15.3. The molecule has 0 N–H and O–H groups in total. The molecule has 0 aromatic carbocycles. The Morgan fingerprint density at radius 3 is 2.42 bits per heavy atom. The molecule has 0 aliphatic carbocycles. The van der Waals surface area contributed by atoms with Gasteiger partial charge in [0, 0.05) is 0 Å². The van der Waals surface area contributed by atoms with E-state index in [1.165, 1.54) is 0 Å². The molecule has 3 nitrogen and oxygen atoms in total. The number of hydrogen-bond acceptors (Lipinski definition) is 3. The number of halogens is 5. The lowest BCUT2D eigenvalue weighted by atomic mass is 10.0. The van der Waals surface area contributed by atoms with Crippen molar-refractivity contribution in [3.05, 3.63) is 28.6 Å². The quantitative estimate of drug-likeness (QED) is 0.632. The average molecular weight is 283 g/mol. The first-order valence-electron chi connectivity index (χ1n) is 5.09. The fraction of sp³-hybridized carbons (Fsp3) is 0.455. The Balaban J connectivity index is 3.37. The van der Waals surface area contributed by atoms with Gasteiger partial charge in [0.2, 0.25) is 0 Å². The summed E-state index contributed by atoms with van der Waals surface area (Å²) in [4.78, 5) is 14.0. The molecule has 0 unspecified atom stereocenters. The van der Waals surface area contributed by atoms with Gasteiger partial charge in [0.25, 0.3) is 6.43 Å². The number of esters is 1. The SMILES string of the molecule is COC(=O)Cc1cc(C(F)F)nc(C(F)(F)F)c1C. The second kappa shape index (κ2) is 5.50. The fourth-order valence-corrected chi connectivity index (χ4v) is 1.48. The van der Waals surface area contributed by atoms with Crippen LogP contribution in [0.1, 0.15) is 28.9 Å². The molecular formula is C11H10F5NO2. The zero-order chi connectivity index (χ0) is 14.8. The molecule has 0 saturated heterocycles. The van der Waals surface area contributed by atoms with E-state index in [9.17, 15) is 26.7 Å². The van der Waals surface area contributed by atoms with Crippen LogP contribution in [0.5, 0.6) is 0 Å². The van der Waals surface area contributed by atoms with Gasteiger partial charge in [-0.3, -0.25) is 4.79 Å². The van der Waals surface area contributed by atoms with Crippen molar-refractivity contribution in [1.82, 2.24) is 4.98 Å². The summed E-state index contributed by atoms with van der Waals surface area (Å²) in [7, 11) is 1.05. The Bertz CT molecular complexity index is 485. The lowest BCUT2D eigenvalue weighted by Crippen LogP contribution is -2.16. The van der Waals surface area contributed by atoms with Crippen LogP contribution in [0.15, 0.2) is 6.07 Å². The zero-order valence-electron chi connectivity index (χ0n) is 10.0. The maximum Gasteiger partial charge on any atom is 0.433 e. The number of aromatic nitrogens is 1. The minimum absolute atomic E-state index is 0.176. The molecule has 1 rings (SSSR count). The van der Waals surface area contributed by atoms with E-state index < -0.39 is 36.4 Å². The Morgan fingerprint density at radius 2 is 2.00 bits per heavy atom. The first-order chi connectivity index (χ1) is 8.66. The van der Waals surface area contributed by atoms with Crippen molar-refractivity contribution in [2.24, 2.45) is 0 Å². The number of hydrogen-bond donors (Lipinski definition) is 0. The van der Waals surface area contributed by atoms with E-state index in [-0.39, 0.29) is 11.1 Å². The summed E-state index contributed by atoms with van der Waals surface area (Å²) in [5, 5.41) is 0. The van der Waals surface area contributed by atoms with Gasteiger partial charge >= 0.3 is 12.1 Å². The van der Waals surface area contributed by atoms with Crippen LogP contribution in [-0.4, -0.2) is 18.1 Å². The standard InChI is InChI=1S/C11H10F5NO2/c1-5-6(4-8(18)19-2)3-7(10(12)13)17-9(5)11(14,15)16/h3,10H,4H2,1-2H3. The number of ether oxygens (including phenoxy) is 1. The Kier molecular flexibility index (Phi) is 4.43. The van der Waals surface area contributed by atoms with Crippen LogP contribution in [0.4, 0.5) is 22.0 Å². The van der Waals surface area contributed by atoms with E-state index in [1.54, 1.807) is 0 Å². The van der Waals surface area contributed by atoms with Gasteiger partial charge in [-0.2, -0.15) is 13.2 Å². The molecular weight excluding hydrogens is 273 g/mol. The van der Waals surface area contributed by atoms with Gasteiger partial charge in [0.15, 0.2) is 0 Å². The smallest absolute Gasteiger partial charge is 0.433 e. The van der Waals surface area contributed by atoms with E-state index in [0.29, 0.717) is 0 Å². The van der Waals surface area contributed by atoms with Crippen molar-refractivity contribution in [2.45, 2.75) is 25.9 Å². The van der Waals surface area contributed by atoms with Crippen molar-refractivity contribution in [1.29, 1.82) is 0 Å². The molecule has 0 fully saturated rings. The van der Waals surface area contributed by atoms with E-state index in [2.05, 4.69) is 9.72 Å². The summed E-state index contributed by atoms with van der Waals surface area (Å²) in [6.45, 7) is 1.07. The lowest BCUT2D eigenvalue weighted by Gasteiger charge is -2.14. The minimum atomic E-state index is -4.86. The van der Waals surface area contributed by atoms with Gasteiger partial charge < -0.3 is 4.74 Å². The summed E-state index contributed by atoms with van der Waals surface area (Å²) in [5.74, 6) is -0.817. The number of nitrogens with zero attached hydrogens (tertiary/aromatic N) is 1. The second-order valence-corrected chi connectivity index (χ2v) is 3.73. The summed E-state index contributed by atoms with van der Waals surface area (Å²) < 4.78 is 67.4. The van der Waals surface area contributed by atoms with E-state index in [0.717, 1.165) is 20.1 Å². The fourth-order valence-electron chi connectivity index (χ4n) is 1.48. The van der Waals surface area contributed by atoms with Crippen LogP contribution in [0.3, 0.4) is 0 Å². The number of rotatable bonds is 3. The average Bonchev–Trinajstić information content (AvgIpc) is 2.29. The van der Waals surface area contributed by atoms with Crippen molar-refractivity contribution < 1.29 is 31.5 Å². The maximum absolute atomic E-state index is 12.7. The van der Waals surface area contributed by atoms with Crippen molar-refractivity contribution in [3.63, 3.8) is 0 Å². The molecule has 0 bridgehead atoms. The maximum atomic E-state index is 12.7. The molecule has 19 heavy (non-hydrogen) atoms. The van der Waals surface area contributed by atoms with Gasteiger partial charge in [-0.15, -0.1) is 0 Å². The Labute approximate surface area is 105 Å². The van der Waals surface area contributed by atoms with Crippen molar-refractivity contribution in [3.8, 4) is 0 Å². The van der Waals surface area contributed by atoms with E-state index in [1.807, 2.05) is 0 Å². The predicted molar refractivity (Wildman–Crippen MR) is 54.7 cm³/mol. The van der Waals surface area contributed by atoms with Crippen LogP contribution in [0, 0.1) is 6.92 Å². The molecule has 1 heterocycles. The Morgan fingerprint density at radius 1 is 1.42 bits per heavy atom. The topological polar surface area (TPSA) is 39.2 Å². The molecule has 0 aliphatic heterocycles. The molecule has 0 spiro atoms. The normalized spacial score (nSPS) is 11.8. The molecule has 1 aromatic rings. The first-order valence-corrected chi connectivity index (χ1v) is 5.09. The van der Waals surface area contributed by atoms with Crippen LogP contribution in [0.25, 0.3) is 0 Å². The molecule has 0 radical (unpaired) electrons. The second-order valence-electron chi connectivity index (χ2n) is 3.73. The third kappa shape index (κ3) is 3.62. The van der Waals surface area contributed by atoms with Gasteiger partial charge in [0.1, 0.15) is 11.4 Å². The molecule has 8 heteroatoms. The highest BCUT2D eigenvalue weighted by Gasteiger charge is 2.36. The van der Waals surface area contributed by atoms with Gasteiger partial charge in [-0.25, -0.2) is 13.8 Å². The summed E-state index contributed by atoms with van der Waals surface area (Å²) in [6.07, 6.45) is -8.54. The molecule has 0 aliphatic rings. The third-order valence-corrected chi connectivity index (χ3v) is 2.45. The Hall–Kier alpha value is -1.73. The van der Waals surface area contributed by atoms with Crippen LogP contribution >= 0.6 is 0 Å². The number of methoxy groups -OCH3 is 1. The minimum Gasteiger partial charge on any atom is -0.469 e. The highest BCUT2D eigenvalue weighted by Crippen LogP contribution is 2.33. The summed E-state index contributed by atoms with van der Waals surface area (Å²) in [6, 6.07) is 0.784. The van der Waals surface area contributed by atoms with Crippen LogP contribution in [0.2, 0.25) is 0 Å².